The van der Waals surface area contributed by atoms with Crippen LogP contribution in [0.4, 0.5) is 0 Å². The Morgan fingerprint density at radius 1 is 0.905 bits per heavy atom. The summed E-state index contributed by atoms with van der Waals surface area (Å²) >= 11 is 0. The molecule has 0 saturated carbocycles. The summed E-state index contributed by atoms with van der Waals surface area (Å²) in [4.78, 5) is 0. The van der Waals surface area contributed by atoms with Gasteiger partial charge in [-0.25, -0.2) is 0 Å². The maximum Gasteiger partial charge on any atom is 0.0178 e. The molecule has 0 atom stereocenters. The number of benzene rings is 2. The summed E-state index contributed by atoms with van der Waals surface area (Å²) in [5.41, 5.74) is 14.0. The minimum absolute atomic E-state index is 0.609. The van der Waals surface area contributed by atoms with E-state index in [1.165, 1.54) is 49.7 Å². The normalized spacial score (nSPS) is 14.6. The van der Waals surface area contributed by atoms with E-state index in [0.29, 0.717) is 6.54 Å². The first-order chi connectivity index (χ1) is 10.3. The van der Waals surface area contributed by atoms with Crippen molar-refractivity contribution in [1.82, 2.24) is 0 Å². The Morgan fingerprint density at radius 3 is 2.24 bits per heavy atom. The molecule has 0 amide bonds. The molecular formula is C19H21NSi. The first-order valence-electron chi connectivity index (χ1n) is 7.60. The van der Waals surface area contributed by atoms with Gasteiger partial charge in [0.1, 0.15) is 0 Å². The molecule has 0 spiro atoms. The lowest BCUT2D eigenvalue weighted by Crippen LogP contribution is -1.96. The third kappa shape index (κ3) is 2.78. The maximum atomic E-state index is 5.69. The van der Waals surface area contributed by atoms with Gasteiger partial charge in [0.05, 0.1) is 0 Å². The van der Waals surface area contributed by atoms with Gasteiger partial charge in [-0.15, -0.1) is 0 Å². The van der Waals surface area contributed by atoms with Crippen LogP contribution < -0.4 is 5.73 Å². The van der Waals surface area contributed by atoms with E-state index in [9.17, 15) is 0 Å². The molecule has 2 N–H and O–H groups in total. The van der Waals surface area contributed by atoms with Gasteiger partial charge in [-0.3, -0.25) is 0 Å². The summed E-state index contributed by atoms with van der Waals surface area (Å²) in [5.74, 6) is 0. The van der Waals surface area contributed by atoms with Crippen molar-refractivity contribution in [3.8, 4) is 0 Å². The number of hydrogen-bond acceptors (Lipinski definition) is 1. The minimum atomic E-state index is 0.609. The lowest BCUT2D eigenvalue weighted by molar-refractivity contribution is 1.07. The van der Waals surface area contributed by atoms with Crippen LogP contribution in [0.3, 0.4) is 0 Å². The number of allylic oxidation sites excluding steroid dienone is 4. The van der Waals surface area contributed by atoms with Crippen LogP contribution in [-0.2, 0) is 6.54 Å². The van der Waals surface area contributed by atoms with Gasteiger partial charge >= 0.3 is 0 Å². The third-order valence-corrected chi connectivity index (χ3v) is 4.88. The van der Waals surface area contributed by atoms with Crippen LogP contribution in [0.25, 0.3) is 11.1 Å². The molecule has 0 aliphatic heterocycles. The van der Waals surface area contributed by atoms with E-state index in [1.54, 1.807) is 0 Å². The highest BCUT2D eigenvalue weighted by atomic mass is 28.1. The smallest absolute Gasteiger partial charge is 0.0178 e. The summed E-state index contributed by atoms with van der Waals surface area (Å²) in [6.45, 7) is 0.609. The van der Waals surface area contributed by atoms with Crippen molar-refractivity contribution in [2.24, 2.45) is 5.73 Å². The Morgan fingerprint density at radius 2 is 1.62 bits per heavy atom. The molecule has 21 heavy (non-hydrogen) atoms. The molecule has 2 heteroatoms. The van der Waals surface area contributed by atoms with Gasteiger partial charge in [-0.1, -0.05) is 60.7 Å². The summed E-state index contributed by atoms with van der Waals surface area (Å²) in [7, 11) is 1.19. The van der Waals surface area contributed by atoms with Crippen molar-refractivity contribution in [1.29, 1.82) is 0 Å². The van der Waals surface area contributed by atoms with Crippen molar-refractivity contribution in [2.45, 2.75) is 19.0 Å². The summed E-state index contributed by atoms with van der Waals surface area (Å²) in [6, 6.07) is 20.7. The molecule has 2 aromatic carbocycles. The standard InChI is InChI=1S/C19H21NSi/c20-12-14-6-8-16(9-7-14)18-11-10-17(19(18)13-21)15-4-2-1-3-5-15/h1-9,11H,10,12-13,20H2,21H3. The topological polar surface area (TPSA) is 26.0 Å². The minimum Gasteiger partial charge on any atom is -0.326 e. The summed E-state index contributed by atoms with van der Waals surface area (Å²) in [6.07, 6.45) is 3.43. The molecular weight excluding hydrogens is 270 g/mol. The fourth-order valence-electron chi connectivity index (χ4n) is 3.06. The molecule has 0 unspecified atom stereocenters. The van der Waals surface area contributed by atoms with E-state index in [4.69, 9.17) is 5.73 Å². The van der Waals surface area contributed by atoms with Gasteiger partial charge in [-0.2, -0.15) is 0 Å². The molecule has 1 nitrogen and oxygen atoms in total. The highest BCUT2D eigenvalue weighted by molar-refractivity contribution is 6.14. The Hall–Kier alpha value is -1.90. The Kier molecular flexibility index (Phi) is 4.18. The van der Waals surface area contributed by atoms with Crippen LogP contribution in [-0.4, -0.2) is 10.2 Å². The van der Waals surface area contributed by atoms with E-state index >= 15 is 0 Å². The quantitative estimate of drug-likeness (QED) is 0.860. The molecule has 0 heterocycles. The van der Waals surface area contributed by atoms with E-state index < -0.39 is 0 Å². The zero-order valence-corrected chi connectivity index (χ0v) is 14.5. The van der Waals surface area contributed by atoms with Crippen LogP contribution in [0.2, 0.25) is 6.04 Å². The van der Waals surface area contributed by atoms with Crippen LogP contribution in [0.5, 0.6) is 0 Å². The van der Waals surface area contributed by atoms with Crippen molar-refractivity contribution in [3.05, 3.63) is 82.9 Å². The Bertz CT molecular complexity index is 681. The number of nitrogens with two attached hydrogens (primary N) is 1. The second kappa shape index (κ2) is 6.25. The van der Waals surface area contributed by atoms with Gasteiger partial charge in [0.15, 0.2) is 0 Å². The maximum absolute atomic E-state index is 5.69. The lowest BCUT2D eigenvalue weighted by Gasteiger charge is -2.11. The average Bonchev–Trinajstić information content (AvgIpc) is 2.99. The number of rotatable bonds is 4. The summed E-state index contributed by atoms with van der Waals surface area (Å²) < 4.78 is 0. The molecule has 0 radical (unpaired) electrons. The van der Waals surface area contributed by atoms with Gasteiger partial charge in [0.25, 0.3) is 0 Å². The molecule has 0 fully saturated rings. The SMILES string of the molecule is NCc1ccc(C2=CCC(c3ccccc3)=C2C[SiH3])cc1. The van der Waals surface area contributed by atoms with Crippen LogP contribution in [0.1, 0.15) is 23.1 Å². The van der Waals surface area contributed by atoms with Crippen molar-refractivity contribution < 1.29 is 0 Å². The first-order valence-corrected chi connectivity index (χ1v) is 9.02. The average molecular weight is 291 g/mol. The third-order valence-electron chi connectivity index (χ3n) is 4.18. The van der Waals surface area contributed by atoms with E-state index in [2.05, 4.69) is 60.7 Å². The predicted octanol–water partition coefficient (Wildman–Crippen LogP) is 3.17. The van der Waals surface area contributed by atoms with E-state index in [1.807, 2.05) is 0 Å². The largest absolute Gasteiger partial charge is 0.326 e. The fraction of sp³-hybridized carbons (Fsp3) is 0.158. The molecule has 1 aliphatic carbocycles. The Balaban J connectivity index is 1.98. The van der Waals surface area contributed by atoms with Crippen molar-refractivity contribution >= 4 is 21.4 Å². The molecule has 106 valence electrons. The van der Waals surface area contributed by atoms with E-state index in [-0.39, 0.29) is 0 Å². The van der Waals surface area contributed by atoms with Gasteiger partial charge in [0, 0.05) is 16.8 Å². The van der Waals surface area contributed by atoms with Crippen molar-refractivity contribution in [2.75, 3.05) is 0 Å². The first kappa shape index (κ1) is 14.1. The van der Waals surface area contributed by atoms with E-state index in [0.717, 1.165) is 6.42 Å². The second-order valence-corrected chi connectivity index (χ2v) is 6.11. The van der Waals surface area contributed by atoms with Crippen LogP contribution >= 0.6 is 0 Å². The molecule has 3 rings (SSSR count). The zero-order valence-electron chi connectivity index (χ0n) is 12.5. The Labute approximate surface area is 129 Å². The fourth-order valence-corrected chi connectivity index (χ4v) is 3.87. The van der Waals surface area contributed by atoms with Gasteiger partial charge in [0.2, 0.25) is 0 Å². The van der Waals surface area contributed by atoms with Crippen molar-refractivity contribution in [3.63, 3.8) is 0 Å². The molecule has 0 aromatic heterocycles. The highest BCUT2D eigenvalue weighted by Crippen LogP contribution is 2.40. The summed E-state index contributed by atoms with van der Waals surface area (Å²) in [5, 5.41) is 0. The molecule has 0 bridgehead atoms. The second-order valence-electron chi connectivity index (χ2n) is 5.40. The zero-order chi connectivity index (χ0) is 14.7. The number of hydrogen-bond donors (Lipinski definition) is 1. The lowest BCUT2D eigenvalue weighted by atomic mass is 9.96. The predicted molar refractivity (Wildman–Crippen MR) is 95.0 cm³/mol. The molecule has 0 saturated heterocycles. The molecule has 2 aromatic rings. The van der Waals surface area contributed by atoms with Crippen LogP contribution in [0, 0.1) is 0 Å². The van der Waals surface area contributed by atoms with Gasteiger partial charge in [-0.05, 0) is 45.9 Å². The van der Waals surface area contributed by atoms with Gasteiger partial charge < -0.3 is 5.73 Å². The van der Waals surface area contributed by atoms with Crippen LogP contribution in [0.15, 0.2) is 66.2 Å². The molecule has 1 aliphatic rings. The highest BCUT2D eigenvalue weighted by Gasteiger charge is 2.18. The monoisotopic (exact) mass is 291 g/mol.